The molecule has 0 aliphatic heterocycles. The number of aromatic nitrogens is 1. The molecule has 0 atom stereocenters. The van der Waals surface area contributed by atoms with Gasteiger partial charge in [0.25, 0.3) is 0 Å². The maximum atomic E-state index is 5.78. The zero-order valence-electron chi connectivity index (χ0n) is 11.1. The van der Waals surface area contributed by atoms with Gasteiger partial charge in [-0.1, -0.05) is 29.8 Å². The molecule has 0 amide bonds. The van der Waals surface area contributed by atoms with Gasteiger partial charge in [-0.2, -0.15) is 0 Å². The van der Waals surface area contributed by atoms with Gasteiger partial charge in [0, 0.05) is 13.6 Å². The van der Waals surface area contributed by atoms with Crippen molar-refractivity contribution in [1.82, 2.24) is 4.98 Å². The molecule has 0 aliphatic rings. The van der Waals surface area contributed by atoms with Crippen molar-refractivity contribution in [3.05, 3.63) is 53.2 Å². The van der Waals surface area contributed by atoms with Crippen molar-refractivity contribution in [2.24, 2.45) is 0 Å². The molecule has 1 heterocycles. The summed E-state index contributed by atoms with van der Waals surface area (Å²) in [5, 5.41) is 0. The van der Waals surface area contributed by atoms with Crippen LogP contribution < -0.4 is 10.6 Å². The van der Waals surface area contributed by atoms with E-state index in [1.165, 1.54) is 11.1 Å². The molecular weight excluding hydrogens is 222 g/mol. The van der Waals surface area contributed by atoms with Crippen molar-refractivity contribution < 1.29 is 0 Å². The summed E-state index contributed by atoms with van der Waals surface area (Å²) >= 11 is 0. The lowest BCUT2D eigenvalue weighted by Crippen LogP contribution is -2.18. The molecule has 0 saturated carbocycles. The Balaban J connectivity index is 2.16. The first-order valence-electron chi connectivity index (χ1n) is 6.06. The van der Waals surface area contributed by atoms with E-state index in [9.17, 15) is 0 Å². The maximum Gasteiger partial charge on any atom is 0.128 e. The Morgan fingerprint density at radius 3 is 2.61 bits per heavy atom. The molecule has 1 aromatic carbocycles. The van der Waals surface area contributed by atoms with Crippen molar-refractivity contribution in [3.8, 4) is 0 Å². The predicted molar refractivity (Wildman–Crippen MR) is 76.7 cm³/mol. The van der Waals surface area contributed by atoms with Gasteiger partial charge in [-0.3, -0.25) is 0 Å². The largest absolute Gasteiger partial charge is 0.397 e. The molecule has 0 radical (unpaired) electrons. The highest BCUT2D eigenvalue weighted by molar-refractivity contribution is 5.50. The third-order valence-corrected chi connectivity index (χ3v) is 3.01. The third-order valence-electron chi connectivity index (χ3n) is 3.01. The van der Waals surface area contributed by atoms with Crippen LogP contribution in [0, 0.1) is 13.8 Å². The van der Waals surface area contributed by atoms with Gasteiger partial charge in [-0.05, 0) is 31.5 Å². The van der Waals surface area contributed by atoms with Crippen molar-refractivity contribution in [2.45, 2.75) is 20.4 Å². The minimum atomic E-state index is 0.739. The zero-order valence-corrected chi connectivity index (χ0v) is 11.1. The minimum Gasteiger partial charge on any atom is -0.397 e. The third kappa shape index (κ3) is 2.80. The van der Waals surface area contributed by atoms with Crippen LogP contribution in [0.5, 0.6) is 0 Å². The number of benzene rings is 1. The number of anilines is 2. The Hall–Kier alpha value is -2.03. The van der Waals surface area contributed by atoms with Gasteiger partial charge in [0.2, 0.25) is 0 Å². The molecule has 3 heteroatoms. The Morgan fingerprint density at radius 2 is 1.94 bits per heavy atom. The number of pyridine rings is 1. The maximum absolute atomic E-state index is 5.78. The lowest BCUT2D eigenvalue weighted by molar-refractivity contribution is 0.892. The van der Waals surface area contributed by atoms with Crippen LogP contribution >= 0.6 is 0 Å². The number of nitrogens with two attached hydrogens (primary N) is 1. The van der Waals surface area contributed by atoms with E-state index in [1.54, 1.807) is 0 Å². The molecule has 3 nitrogen and oxygen atoms in total. The molecule has 2 aromatic rings. The number of hydrogen-bond acceptors (Lipinski definition) is 3. The topological polar surface area (TPSA) is 42.1 Å². The second-order valence-electron chi connectivity index (χ2n) is 4.69. The van der Waals surface area contributed by atoms with E-state index in [-0.39, 0.29) is 0 Å². The first-order valence-corrected chi connectivity index (χ1v) is 6.06. The van der Waals surface area contributed by atoms with E-state index in [0.717, 1.165) is 23.7 Å². The molecule has 0 spiro atoms. The van der Waals surface area contributed by atoms with E-state index in [2.05, 4.69) is 41.1 Å². The van der Waals surface area contributed by atoms with Gasteiger partial charge in [-0.25, -0.2) is 4.98 Å². The Kier molecular flexibility index (Phi) is 3.51. The predicted octanol–water partition coefficient (Wildman–Crippen LogP) is 2.92. The van der Waals surface area contributed by atoms with Crippen molar-refractivity contribution in [3.63, 3.8) is 0 Å². The molecule has 0 fully saturated rings. The quantitative estimate of drug-likeness (QED) is 0.898. The smallest absolute Gasteiger partial charge is 0.128 e. The highest BCUT2D eigenvalue weighted by Crippen LogP contribution is 2.17. The standard InChI is InChI=1S/C15H19N3/c1-11-5-4-6-13(9-11)10-18(3)15-8-7-14(16)12(2)17-15/h4-9H,10,16H2,1-3H3. The number of rotatable bonds is 3. The van der Waals surface area contributed by atoms with Gasteiger partial charge in [-0.15, -0.1) is 0 Å². The average Bonchev–Trinajstić information content (AvgIpc) is 2.32. The summed E-state index contributed by atoms with van der Waals surface area (Å²) in [7, 11) is 2.04. The number of nitrogens with zero attached hydrogens (tertiary/aromatic N) is 2. The second kappa shape index (κ2) is 5.08. The van der Waals surface area contributed by atoms with Crippen molar-refractivity contribution in [1.29, 1.82) is 0 Å². The molecule has 18 heavy (non-hydrogen) atoms. The summed E-state index contributed by atoms with van der Waals surface area (Å²) in [5.74, 6) is 0.947. The second-order valence-corrected chi connectivity index (χ2v) is 4.69. The van der Waals surface area contributed by atoms with E-state index < -0.39 is 0 Å². The molecular formula is C15H19N3. The fourth-order valence-electron chi connectivity index (χ4n) is 1.94. The minimum absolute atomic E-state index is 0.739. The van der Waals surface area contributed by atoms with Crippen LogP contribution in [0.4, 0.5) is 11.5 Å². The summed E-state index contributed by atoms with van der Waals surface area (Å²) < 4.78 is 0. The van der Waals surface area contributed by atoms with Gasteiger partial charge in [0.1, 0.15) is 5.82 Å². The lowest BCUT2D eigenvalue weighted by atomic mass is 10.1. The van der Waals surface area contributed by atoms with Crippen LogP contribution in [-0.4, -0.2) is 12.0 Å². The SMILES string of the molecule is Cc1cccc(CN(C)c2ccc(N)c(C)n2)c1. The van der Waals surface area contributed by atoms with Crippen LogP contribution in [0.3, 0.4) is 0 Å². The average molecular weight is 241 g/mol. The fraction of sp³-hybridized carbons (Fsp3) is 0.267. The van der Waals surface area contributed by atoms with Crippen molar-refractivity contribution >= 4 is 11.5 Å². The van der Waals surface area contributed by atoms with Crippen LogP contribution in [0.2, 0.25) is 0 Å². The van der Waals surface area contributed by atoms with E-state index in [0.29, 0.717) is 0 Å². The van der Waals surface area contributed by atoms with Gasteiger partial charge in [0.05, 0.1) is 11.4 Å². The summed E-state index contributed by atoms with van der Waals surface area (Å²) in [6.45, 7) is 4.88. The molecule has 1 aromatic heterocycles. The summed E-state index contributed by atoms with van der Waals surface area (Å²) in [6, 6.07) is 12.4. The van der Waals surface area contributed by atoms with Crippen LogP contribution in [0.1, 0.15) is 16.8 Å². The first-order chi connectivity index (χ1) is 8.56. The summed E-state index contributed by atoms with van der Waals surface area (Å²) in [4.78, 5) is 6.62. The molecule has 0 unspecified atom stereocenters. The zero-order chi connectivity index (χ0) is 13.1. The van der Waals surface area contributed by atoms with Crippen LogP contribution in [-0.2, 0) is 6.54 Å². The monoisotopic (exact) mass is 241 g/mol. The van der Waals surface area contributed by atoms with Gasteiger partial charge in [0.15, 0.2) is 0 Å². The Morgan fingerprint density at radius 1 is 1.17 bits per heavy atom. The number of nitrogen functional groups attached to an aromatic ring is 1. The highest BCUT2D eigenvalue weighted by atomic mass is 15.2. The summed E-state index contributed by atoms with van der Waals surface area (Å²) in [5.41, 5.74) is 9.96. The Bertz CT molecular complexity index is 549. The van der Waals surface area contributed by atoms with E-state index >= 15 is 0 Å². The highest BCUT2D eigenvalue weighted by Gasteiger charge is 2.05. The summed E-state index contributed by atoms with van der Waals surface area (Å²) in [6.07, 6.45) is 0. The van der Waals surface area contributed by atoms with Crippen LogP contribution in [0.15, 0.2) is 36.4 Å². The lowest BCUT2D eigenvalue weighted by Gasteiger charge is -2.19. The van der Waals surface area contributed by atoms with E-state index in [1.807, 2.05) is 26.1 Å². The first kappa shape index (κ1) is 12.4. The molecule has 2 N–H and O–H groups in total. The number of hydrogen-bond donors (Lipinski definition) is 1. The number of aryl methyl sites for hydroxylation is 2. The van der Waals surface area contributed by atoms with Gasteiger partial charge >= 0.3 is 0 Å². The molecule has 2 rings (SSSR count). The molecule has 0 saturated heterocycles. The van der Waals surface area contributed by atoms with Crippen molar-refractivity contribution in [2.75, 3.05) is 17.7 Å². The fourth-order valence-corrected chi connectivity index (χ4v) is 1.94. The Labute approximate surface area is 108 Å². The van der Waals surface area contributed by atoms with Gasteiger partial charge < -0.3 is 10.6 Å². The van der Waals surface area contributed by atoms with E-state index in [4.69, 9.17) is 5.73 Å². The molecule has 0 bridgehead atoms. The van der Waals surface area contributed by atoms with Crippen LogP contribution in [0.25, 0.3) is 0 Å². The normalized spacial score (nSPS) is 10.4. The molecule has 94 valence electrons. The molecule has 0 aliphatic carbocycles.